The van der Waals surface area contributed by atoms with Crippen molar-refractivity contribution in [2.24, 2.45) is 0 Å². The van der Waals surface area contributed by atoms with Crippen molar-refractivity contribution in [3.63, 3.8) is 0 Å². The first-order valence-electron chi connectivity index (χ1n) is 8.40. The number of hydrogen-bond acceptors (Lipinski definition) is 4. The monoisotopic (exact) mass is 348 g/mol. The fourth-order valence-electron chi connectivity index (χ4n) is 2.46. The van der Waals surface area contributed by atoms with Crippen molar-refractivity contribution in [3.05, 3.63) is 72.7 Å². The van der Waals surface area contributed by atoms with E-state index in [1.807, 2.05) is 48.7 Å². The molecule has 2 N–H and O–H groups in total. The zero-order valence-electron chi connectivity index (χ0n) is 14.2. The summed E-state index contributed by atoms with van der Waals surface area (Å²) in [6.07, 6.45) is 9.09. The molecule has 0 unspecified atom stereocenters. The molecule has 26 heavy (non-hydrogen) atoms. The largest absolute Gasteiger partial charge is 0.396 e. The van der Waals surface area contributed by atoms with E-state index in [1.54, 1.807) is 23.2 Å². The highest BCUT2D eigenvalue weighted by Gasteiger charge is 2.11. The van der Waals surface area contributed by atoms with Gasteiger partial charge in [0, 0.05) is 48.9 Å². The molecule has 0 atom stereocenters. The molecule has 0 aliphatic carbocycles. The molecule has 0 saturated carbocycles. The van der Waals surface area contributed by atoms with Crippen LogP contribution in [-0.4, -0.2) is 38.9 Å². The second-order valence-corrected chi connectivity index (χ2v) is 5.66. The number of rotatable bonds is 7. The summed E-state index contributed by atoms with van der Waals surface area (Å²) in [7, 11) is 0. The van der Waals surface area contributed by atoms with E-state index in [-0.39, 0.29) is 12.5 Å². The lowest BCUT2D eigenvalue weighted by Crippen LogP contribution is -2.22. The summed E-state index contributed by atoms with van der Waals surface area (Å²) in [6, 6.07) is 13.6. The van der Waals surface area contributed by atoms with Crippen molar-refractivity contribution < 1.29 is 9.90 Å². The summed E-state index contributed by atoms with van der Waals surface area (Å²) in [5.41, 5.74) is 3.38. The molecular weight excluding hydrogens is 328 g/mol. The fraction of sp³-hybridized carbons (Fsp3) is 0.150. The maximum absolute atomic E-state index is 11.9. The van der Waals surface area contributed by atoms with E-state index in [9.17, 15) is 4.79 Å². The predicted molar refractivity (Wildman–Crippen MR) is 101 cm³/mol. The van der Waals surface area contributed by atoms with Crippen LogP contribution in [0.5, 0.6) is 0 Å². The maximum Gasteiger partial charge on any atom is 0.244 e. The van der Waals surface area contributed by atoms with Crippen LogP contribution in [0.3, 0.4) is 0 Å². The molecule has 1 amide bonds. The Morgan fingerprint density at radius 3 is 2.77 bits per heavy atom. The lowest BCUT2D eigenvalue weighted by molar-refractivity contribution is -0.116. The molecule has 3 rings (SSSR count). The number of carbonyl (C=O) groups excluding carboxylic acids is 1. The van der Waals surface area contributed by atoms with Crippen LogP contribution in [0.15, 0.2) is 67.1 Å². The number of aromatic nitrogens is 3. The molecule has 3 aromatic rings. The van der Waals surface area contributed by atoms with Gasteiger partial charge in [0.2, 0.25) is 5.91 Å². The Bertz CT molecular complexity index is 873. The van der Waals surface area contributed by atoms with Gasteiger partial charge in [-0.15, -0.1) is 0 Å². The van der Waals surface area contributed by atoms with Crippen molar-refractivity contribution in [2.45, 2.75) is 6.42 Å². The number of nitrogens with zero attached hydrogens (tertiary/aromatic N) is 3. The SMILES string of the molecule is O=C(/C=C/c1cn(-c2ccccc2)nc1-c1cccnc1)NCCCO. The topological polar surface area (TPSA) is 80.0 Å². The van der Waals surface area contributed by atoms with E-state index in [2.05, 4.69) is 15.4 Å². The number of pyridine rings is 1. The van der Waals surface area contributed by atoms with Gasteiger partial charge in [0.05, 0.1) is 5.69 Å². The molecule has 6 nitrogen and oxygen atoms in total. The molecule has 0 fully saturated rings. The molecular formula is C20H20N4O2. The molecule has 132 valence electrons. The molecule has 0 saturated heterocycles. The normalized spacial score (nSPS) is 11.0. The van der Waals surface area contributed by atoms with Gasteiger partial charge in [-0.3, -0.25) is 9.78 Å². The average molecular weight is 348 g/mol. The van der Waals surface area contributed by atoms with Crippen LogP contribution >= 0.6 is 0 Å². The standard InChI is InChI=1S/C20H20N4O2/c25-13-5-12-22-19(26)10-9-17-15-24(18-7-2-1-3-8-18)23-20(17)16-6-4-11-21-14-16/h1-4,6-11,14-15,25H,5,12-13H2,(H,22,26)/b10-9+. The average Bonchev–Trinajstić information content (AvgIpc) is 3.12. The Balaban J connectivity index is 1.90. The van der Waals surface area contributed by atoms with Gasteiger partial charge < -0.3 is 10.4 Å². The Hall–Kier alpha value is -3.25. The van der Waals surface area contributed by atoms with Gasteiger partial charge >= 0.3 is 0 Å². The zero-order valence-corrected chi connectivity index (χ0v) is 14.2. The van der Waals surface area contributed by atoms with Gasteiger partial charge in [0.1, 0.15) is 5.69 Å². The molecule has 0 spiro atoms. The summed E-state index contributed by atoms with van der Waals surface area (Å²) in [5, 5.41) is 16.2. The van der Waals surface area contributed by atoms with Crippen molar-refractivity contribution in [3.8, 4) is 16.9 Å². The smallest absolute Gasteiger partial charge is 0.244 e. The van der Waals surface area contributed by atoms with Crippen molar-refractivity contribution >= 4 is 12.0 Å². The molecule has 2 heterocycles. The first-order chi connectivity index (χ1) is 12.8. The number of para-hydroxylation sites is 1. The van der Waals surface area contributed by atoms with Crippen molar-refractivity contribution in [2.75, 3.05) is 13.2 Å². The molecule has 0 aliphatic rings. The lowest BCUT2D eigenvalue weighted by Gasteiger charge is -2.00. The Morgan fingerprint density at radius 2 is 2.04 bits per heavy atom. The third-order valence-corrected chi connectivity index (χ3v) is 3.75. The van der Waals surface area contributed by atoms with Gasteiger partial charge in [0.25, 0.3) is 0 Å². The van der Waals surface area contributed by atoms with Gasteiger partial charge in [-0.25, -0.2) is 4.68 Å². The third-order valence-electron chi connectivity index (χ3n) is 3.75. The van der Waals surface area contributed by atoms with E-state index in [0.29, 0.717) is 13.0 Å². The van der Waals surface area contributed by atoms with E-state index in [4.69, 9.17) is 5.11 Å². The number of amides is 1. The second kappa shape index (κ2) is 8.73. The maximum atomic E-state index is 11.9. The first-order valence-corrected chi connectivity index (χ1v) is 8.40. The minimum absolute atomic E-state index is 0.0546. The van der Waals surface area contributed by atoms with Crippen molar-refractivity contribution in [1.82, 2.24) is 20.1 Å². The van der Waals surface area contributed by atoms with E-state index in [1.165, 1.54) is 6.08 Å². The van der Waals surface area contributed by atoms with Crippen LogP contribution in [0, 0.1) is 0 Å². The quantitative estimate of drug-likeness (QED) is 0.508. The Labute approximate surface area is 151 Å². The first kappa shape index (κ1) is 17.6. The minimum Gasteiger partial charge on any atom is -0.396 e. The molecule has 0 aliphatic heterocycles. The van der Waals surface area contributed by atoms with Crippen LogP contribution in [-0.2, 0) is 4.79 Å². The van der Waals surface area contributed by atoms with Gasteiger partial charge in [-0.05, 0) is 36.8 Å². The summed E-state index contributed by atoms with van der Waals surface area (Å²) in [6.45, 7) is 0.497. The lowest BCUT2D eigenvalue weighted by atomic mass is 10.1. The predicted octanol–water partition coefficient (Wildman–Crippen LogP) is 2.45. The molecule has 2 aromatic heterocycles. The molecule has 0 bridgehead atoms. The van der Waals surface area contributed by atoms with E-state index >= 15 is 0 Å². The highest BCUT2D eigenvalue weighted by molar-refractivity contribution is 5.92. The van der Waals surface area contributed by atoms with Crippen LogP contribution in [0.1, 0.15) is 12.0 Å². The van der Waals surface area contributed by atoms with Crippen LogP contribution in [0.4, 0.5) is 0 Å². The van der Waals surface area contributed by atoms with E-state index < -0.39 is 0 Å². The minimum atomic E-state index is -0.206. The van der Waals surface area contributed by atoms with Gasteiger partial charge in [-0.2, -0.15) is 5.10 Å². The number of nitrogens with one attached hydrogen (secondary N) is 1. The molecule has 0 radical (unpaired) electrons. The van der Waals surface area contributed by atoms with Gasteiger partial charge in [0.15, 0.2) is 0 Å². The number of aliphatic hydroxyl groups is 1. The van der Waals surface area contributed by atoms with Crippen molar-refractivity contribution in [1.29, 1.82) is 0 Å². The fourth-order valence-corrected chi connectivity index (χ4v) is 2.46. The highest BCUT2D eigenvalue weighted by Crippen LogP contribution is 2.24. The van der Waals surface area contributed by atoms with Crippen LogP contribution in [0.25, 0.3) is 23.0 Å². The zero-order chi connectivity index (χ0) is 18.2. The summed E-state index contributed by atoms with van der Waals surface area (Å²) >= 11 is 0. The number of benzene rings is 1. The number of hydrogen-bond donors (Lipinski definition) is 2. The Morgan fingerprint density at radius 1 is 1.19 bits per heavy atom. The van der Waals surface area contributed by atoms with Gasteiger partial charge in [-0.1, -0.05) is 18.2 Å². The van der Waals surface area contributed by atoms with E-state index in [0.717, 1.165) is 22.5 Å². The second-order valence-electron chi connectivity index (χ2n) is 5.66. The number of carbonyl (C=O) groups is 1. The van der Waals surface area contributed by atoms with Crippen LogP contribution in [0.2, 0.25) is 0 Å². The summed E-state index contributed by atoms with van der Waals surface area (Å²) in [4.78, 5) is 16.0. The van der Waals surface area contributed by atoms with Crippen LogP contribution < -0.4 is 5.32 Å². The molecule has 1 aromatic carbocycles. The number of aliphatic hydroxyl groups excluding tert-OH is 1. The summed E-state index contributed by atoms with van der Waals surface area (Å²) in [5.74, 6) is -0.206. The third kappa shape index (κ3) is 4.43. The Kier molecular flexibility index (Phi) is 5.90. The highest BCUT2D eigenvalue weighted by atomic mass is 16.3. The summed E-state index contributed by atoms with van der Waals surface area (Å²) < 4.78 is 1.78. The molecule has 6 heteroatoms.